The lowest BCUT2D eigenvalue weighted by atomic mass is 9.89. The van der Waals surface area contributed by atoms with E-state index in [2.05, 4.69) is 35.4 Å². The highest BCUT2D eigenvalue weighted by atomic mass is 32.2. The van der Waals surface area contributed by atoms with Crippen molar-refractivity contribution in [2.45, 2.75) is 49.1 Å². The standard InChI is InChI=1S/C17H26N2S/c1-20-15-9-7-14(8-10-15)17(12-18)19-11-3-5-13-4-2-6-16(13)19/h7-10,13,16-17H,2-6,11-12,18H2,1H3. The van der Waals surface area contributed by atoms with Gasteiger partial charge in [-0.1, -0.05) is 18.6 Å². The average Bonchev–Trinajstić information content (AvgIpc) is 2.98. The molecule has 3 atom stereocenters. The molecule has 3 unspecified atom stereocenters. The predicted octanol–water partition coefficient (Wildman–Crippen LogP) is 3.67. The largest absolute Gasteiger partial charge is 0.329 e. The van der Waals surface area contributed by atoms with Crippen LogP contribution in [0.3, 0.4) is 0 Å². The average molecular weight is 290 g/mol. The van der Waals surface area contributed by atoms with Crippen LogP contribution >= 0.6 is 11.8 Å². The molecule has 1 aliphatic carbocycles. The van der Waals surface area contributed by atoms with Crippen LogP contribution in [0.2, 0.25) is 0 Å². The first-order valence-corrected chi connectivity index (χ1v) is 9.15. The molecule has 2 nitrogen and oxygen atoms in total. The molecule has 1 aromatic carbocycles. The monoisotopic (exact) mass is 290 g/mol. The Morgan fingerprint density at radius 2 is 1.95 bits per heavy atom. The quantitative estimate of drug-likeness (QED) is 0.858. The Morgan fingerprint density at radius 1 is 1.20 bits per heavy atom. The normalized spacial score (nSPS) is 28.3. The van der Waals surface area contributed by atoms with E-state index < -0.39 is 0 Å². The molecule has 1 aromatic rings. The first-order chi connectivity index (χ1) is 9.83. The van der Waals surface area contributed by atoms with Crippen molar-refractivity contribution in [1.29, 1.82) is 0 Å². The van der Waals surface area contributed by atoms with Crippen LogP contribution in [-0.2, 0) is 0 Å². The molecule has 20 heavy (non-hydrogen) atoms. The summed E-state index contributed by atoms with van der Waals surface area (Å²) in [5.74, 6) is 0.934. The Hall–Kier alpha value is -0.510. The molecule has 0 bridgehead atoms. The highest BCUT2D eigenvalue weighted by molar-refractivity contribution is 7.98. The van der Waals surface area contributed by atoms with E-state index in [-0.39, 0.29) is 0 Å². The third-order valence-corrected chi connectivity index (χ3v) is 5.90. The van der Waals surface area contributed by atoms with Crippen LogP contribution in [-0.4, -0.2) is 30.3 Å². The molecule has 0 aromatic heterocycles. The van der Waals surface area contributed by atoms with Gasteiger partial charge in [0.05, 0.1) is 0 Å². The number of piperidine rings is 1. The van der Waals surface area contributed by atoms with Crippen molar-refractivity contribution in [3.8, 4) is 0 Å². The zero-order chi connectivity index (χ0) is 13.9. The first kappa shape index (κ1) is 14.4. The smallest absolute Gasteiger partial charge is 0.0473 e. The molecule has 1 heterocycles. The summed E-state index contributed by atoms with van der Waals surface area (Å²) < 4.78 is 0. The molecule has 2 fully saturated rings. The van der Waals surface area contributed by atoms with Gasteiger partial charge >= 0.3 is 0 Å². The van der Waals surface area contributed by atoms with E-state index in [0.29, 0.717) is 6.04 Å². The molecule has 2 aliphatic rings. The second-order valence-electron chi connectivity index (χ2n) is 6.16. The third kappa shape index (κ3) is 2.76. The molecule has 110 valence electrons. The van der Waals surface area contributed by atoms with Gasteiger partial charge in [-0.15, -0.1) is 11.8 Å². The van der Waals surface area contributed by atoms with Gasteiger partial charge in [0.2, 0.25) is 0 Å². The number of nitrogens with zero attached hydrogens (tertiary/aromatic N) is 1. The van der Waals surface area contributed by atoms with Crippen LogP contribution in [0.5, 0.6) is 0 Å². The van der Waals surface area contributed by atoms with Gasteiger partial charge in [-0.3, -0.25) is 4.90 Å². The first-order valence-electron chi connectivity index (χ1n) is 7.93. The zero-order valence-electron chi connectivity index (χ0n) is 12.4. The lowest BCUT2D eigenvalue weighted by Crippen LogP contribution is -2.46. The van der Waals surface area contributed by atoms with Crippen molar-refractivity contribution in [2.24, 2.45) is 11.7 Å². The second-order valence-corrected chi connectivity index (χ2v) is 7.04. The van der Waals surface area contributed by atoms with E-state index in [4.69, 9.17) is 5.73 Å². The molecule has 0 spiro atoms. The molecule has 1 saturated carbocycles. The SMILES string of the molecule is CSc1ccc(C(CN)N2CCCC3CCCC32)cc1. The maximum absolute atomic E-state index is 6.14. The van der Waals surface area contributed by atoms with Gasteiger partial charge in [0, 0.05) is 23.5 Å². The van der Waals surface area contributed by atoms with Gasteiger partial charge in [0.15, 0.2) is 0 Å². The fourth-order valence-corrected chi connectivity index (χ4v) is 4.58. The summed E-state index contributed by atoms with van der Waals surface area (Å²) in [5.41, 5.74) is 7.54. The summed E-state index contributed by atoms with van der Waals surface area (Å²) >= 11 is 1.80. The number of thioether (sulfide) groups is 1. The van der Waals surface area contributed by atoms with Crippen molar-refractivity contribution in [3.63, 3.8) is 0 Å². The van der Waals surface area contributed by atoms with E-state index in [1.807, 2.05) is 0 Å². The Kier molecular flexibility index (Phi) is 4.69. The summed E-state index contributed by atoms with van der Waals surface area (Å²) in [4.78, 5) is 4.05. The molecule has 3 rings (SSSR count). The number of rotatable bonds is 4. The summed E-state index contributed by atoms with van der Waals surface area (Å²) in [5, 5.41) is 0. The molecule has 3 heteroatoms. The van der Waals surface area contributed by atoms with Crippen molar-refractivity contribution < 1.29 is 0 Å². The minimum absolute atomic E-state index is 0.414. The van der Waals surface area contributed by atoms with Gasteiger partial charge in [-0.25, -0.2) is 0 Å². The van der Waals surface area contributed by atoms with Crippen LogP contribution in [0.4, 0.5) is 0 Å². The number of likely N-dealkylation sites (tertiary alicyclic amines) is 1. The summed E-state index contributed by atoms with van der Waals surface area (Å²) in [6, 6.07) is 10.2. The van der Waals surface area contributed by atoms with Gasteiger partial charge in [-0.05, 0) is 62.1 Å². The van der Waals surface area contributed by atoms with E-state index >= 15 is 0 Å². The Morgan fingerprint density at radius 3 is 2.65 bits per heavy atom. The number of fused-ring (bicyclic) bond motifs is 1. The third-order valence-electron chi connectivity index (χ3n) is 5.16. The van der Waals surface area contributed by atoms with Crippen LogP contribution in [0.25, 0.3) is 0 Å². The highest BCUT2D eigenvalue weighted by Crippen LogP contribution is 2.40. The fourth-order valence-electron chi connectivity index (χ4n) is 4.17. The molecule has 0 radical (unpaired) electrons. The number of nitrogens with two attached hydrogens (primary N) is 1. The maximum atomic E-state index is 6.14. The zero-order valence-corrected chi connectivity index (χ0v) is 13.2. The fraction of sp³-hybridized carbons (Fsp3) is 0.647. The number of hydrogen-bond donors (Lipinski definition) is 1. The molecular formula is C17H26N2S. The molecule has 2 N–H and O–H groups in total. The van der Waals surface area contributed by atoms with E-state index in [9.17, 15) is 0 Å². The maximum Gasteiger partial charge on any atom is 0.0473 e. The minimum atomic E-state index is 0.414. The minimum Gasteiger partial charge on any atom is -0.329 e. The lowest BCUT2D eigenvalue weighted by molar-refractivity contribution is 0.0701. The summed E-state index contributed by atoms with van der Waals surface area (Å²) in [7, 11) is 0. The molecule has 1 aliphatic heterocycles. The van der Waals surface area contributed by atoms with Crippen LogP contribution in [0.15, 0.2) is 29.2 Å². The van der Waals surface area contributed by atoms with E-state index in [1.54, 1.807) is 11.8 Å². The Balaban J connectivity index is 1.80. The molecular weight excluding hydrogens is 264 g/mol. The van der Waals surface area contributed by atoms with Crippen molar-refractivity contribution in [1.82, 2.24) is 4.90 Å². The van der Waals surface area contributed by atoms with Crippen LogP contribution in [0, 0.1) is 5.92 Å². The van der Waals surface area contributed by atoms with Gasteiger partial charge in [0.1, 0.15) is 0 Å². The molecule has 1 saturated heterocycles. The summed E-state index contributed by atoms with van der Waals surface area (Å²) in [6.07, 6.45) is 9.14. The lowest BCUT2D eigenvalue weighted by Gasteiger charge is -2.42. The van der Waals surface area contributed by atoms with Crippen molar-refractivity contribution in [3.05, 3.63) is 29.8 Å². The van der Waals surface area contributed by atoms with Crippen LogP contribution in [0.1, 0.15) is 43.7 Å². The number of benzene rings is 1. The van der Waals surface area contributed by atoms with Gasteiger partial charge in [-0.2, -0.15) is 0 Å². The molecule has 0 amide bonds. The Bertz CT molecular complexity index is 431. The summed E-state index contributed by atoms with van der Waals surface area (Å²) in [6.45, 7) is 1.97. The van der Waals surface area contributed by atoms with E-state index in [0.717, 1.165) is 18.5 Å². The predicted molar refractivity (Wildman–Crippen MR) is 87.1 cm³/mol. The van der Waals surface area contributed by atoms with E-state index in [1.165, 1.54) is 49.1 Å². The van der Waals surface area contributed by atoms with Crippen molar-refractivity contribution >= 4 is 11.8 Å². The number of hydrogen-bond acceptors (Lipinski definition) is 3. The van der Waals surface area contributed by atoms with Crippen LogP contribution < -0.4 is 5.73 Å². The van der Waals surface area contributed by atoms with Crippen molar-refractivity contribution in [2.75, 3.05) is 19.3 Å². The topological polar surface area (TPSA) is 29.3 Å². The highest BCUT2D eigenvalue weighted by Gasteiger charge is 2.38. The Labute approximate surface area is 127 Å². The van der Waals surface area contributed by atoms with Gasteiger partial charge in [0.25, 0.3) is 0 Å². The second kappa shape index (κ2) is 6.50. The van der Waals surface area contributed by atoms with Gasteiger partial charge < -0.3 is 5.73 Å².